The van der Waals surface area contributed by atoms with Crippen molar-refractivity contribution in [3.8, 4) is 0 Å². The van der Waals surface area contributed by atoms with Gasteiger partial charge in [0.15, 0.2) is 0 Å². The van der Waals surface area contributed by atoms with Crippen LogP contribution in [0.2, 0.25) is 0 Å². The van der Waals surface area contributed by atoms with Gasteiger partial charge in [0.25, 0.3) is 0 Å². The highest BCUT2D eigenvalue weighted by atomic mass is 15.2. The van der Waals surface area contributed by atoms with Crippen molar-refractivity contribution >= 4 is 0 Å². The summed E-state index contributed by atoms with van der Waals surface area (Å²) in [6.45, 7) is 9.31. The Morgan fingerprint density at radius 2 is 1.47 bits per heavy atom. The van der Waals surface area contributed by atoms with E-state index in [4.69, 9.17) is 5.84 Å². The average Bonchev–Trinajstić information content (AvgIpc) is 2.36. The molecule has 0 heterocycles. The van der Waals surface area contributed by atoms with E-state index in [1.54, 1.807) is 0 Å². The molecule has 0 spiro atoms. The standard InChI is InChI=1S/C15H32N2/c1-5-12(6-2)15(17-16)14-9-7-13(8-10-14)11(3)4/h11-15,17H,5-10,16H2,1-4H3. The highest BCUT2D eigenvalue weighted by Crippen LogP contribution is 2.37. The van der Waals surface area contributed by atoms with E-state index in [0.29, 0.717) is 6.04 Å². The van der Waals surface area contributed by atoms with Gasteiger partial charge in [0.05, 0.1) is 0 Å². The van der Waals surface area contributed by atoms with Crippen LogP contribution in [0.3, 0.4) is 0 Å². The van der Waals surface area contributed by atoms with Gasteiger partial charge in [0.1, 0.15) is 0 Å². The SMILES string of the molecule is CCC(CC)C(NN)C1CCC(C(C)C)CC1. The summed E-state index contributed by atoms with van der Waals surface area (Å²) in [7, 11) is 0. The van der Waals surface area contributed by atoms with Crippen LogP contribution in [0.1, 0.15) is 66.2 Å². The second-order valence-electron chi connectivity index (χ2n) is 6.19. The van der Waals surface area contributed by atoms with Gasteiger partial charge < -0.3 is 0 Å². The third-order valence-corrected chi connectivity index (χ3v) is 5.02. The highest BCUT2D eigenvalue weighted by molar-refractivity contribution is 4.85. The smallest absolute Gasteiger partial charge is 0.0266 e. The second kappa shape index (κ2) is 7.38. The topological polar surface area (TPSA) is 38.0 Å². The number of nitrogens with two attached hydrogens (primary N) is 1. The van der Waals surface area contributed by atoms with E-state index in [1.165, 1.54) is 38.5 Å². The summed E-state index contributed by atoms with van der Waals surface area (Å²) in [5, 5.41) is 0. The molecule has 1 aliphatic carbocycles. The van der Waals surface area contributed by atoms with Crippen LogP contribution in [0.15, 0.2) is 0 Å². The molecule has 0 saturated heterocycles. The molecule has 0 bridgehead atoms. The van der Waals surface area contributed by atoms with Crippen molar-refractivity contribution in [3.63, 3.8) is 0 Å². The van der Waals surface area contributed by atoms with Crippen molar-refractivity contribution in [3.05, 3.63) is 0 Å². The number of nitrogens with one attached hydrogen (secondary N) is 1. The maximum atomic E-state index is 5.80. The van der Waals surface area contributed by atoms with E-state index in [0.717, 1.165) is 23.7 Å². The lowest BCUT2D eigenvalue weighted by atomic mass is 9.71. The van der Waals surface area contributed by atoms with Gasteiger partial charge in [-0.1, -0.05) is 40.5 Å². The molecule has 102 valence electrons. The van der Waals surface area contributed by atoms with E-state index in [1.807, 2.05) is 0 Å². The van der Waals surface area contributed by atoms with E-state index < -0.39 is 0 Å². The summed E-state index contributed by atoms with van der Waals surface area (Å²) < 4.78 is 0. The van der Waals surface area contributed by atoms with Gasteiger partial charge in [-0.15, -0.1) is 0 Å². The van der Waals surface area contributed by atoms with Crippen molar-refractivity contribution in [2.75, 3.05) is 0 Å². The van der Waals surface area contributed by atoms with E-state index in [-0.39, 0.29) is 0 Å². The molecule has 0 amide bonds. The quantitative estimate of drug-likeness (QED) is 0.548. The van der Waals surface area contributed by atoms with Crippen LogP contribution in [-0.4, -0.2) is 6.04 Å². The predicted molar refractivity (Wildman–Crippen MR) is 75.5 cm³/mol. The van der Waals surface area contributed by atoms with Crippen molar-refractivity contribution in [1.29, 1.82) is 0 Å². The number of hydrazine groups is 1. The molecule has 0 aromatic heterocycles. The summed E-state index contributed by atoms with van der Waals surface area (Å²) in [6.07, 6.45) is 8.04. The summed E-state index contributed by atoms with van der Waals surface area (Å²) in [5.74, 6) is 9.16. The van der Waals surface area contributed by atoms with Crippen molar-refractivity contribution < 1.29 is 0 Å². The molecular weight excluding hydrogens is 208 g/mol. The fourth-order valence-corrected chi connectivity index (χ4v) is 3.62. The Hall–Kier alpha value is -0.0800. The minimum absolute atomic E-state index is 0.540. The molecule has 0 aromatic rings. The van der Waals surface area contributed by atoms with Gasteiger partial charge in [0, 0.05) is 6.04 Å². The molecule has 1 rings (SSSR count). The van der Waals surface area contributed by atoms with Gasteiger partial charge in [-0.05, 0) is 49.4 Å². The Labute approximate surface area is 108 Å². The third kappa shape index (κ3) is 3.96. The first-order valence-electron chi connectivity index (χ1n) is 7.60. The monoisotopic (exact) mass is 240 g/mol. The average molecular weight is 240 g/mol. The summed E-state index contributed by atoms with van der Waals surface area (Å²) in [4.78, 5) is 0. The van der Waals surface area contributed by atoms with Crippen LogP contribution >= 0.6 is 0 Å². The lowest BCUT2D eigenvalue weighted by Gasteiger charge is -2.38. The lowest BCUT2D eigenvalue weighted by molar-refractivity contribution is 0.153. The molecular formula is C15H32N2. The zero-order valence-corrected chi connectivity index (χ0v) is 12.2. The fourth-order valence-electron chi connectivity index (χ4n) is 3.62. The Balaban J connectivity index is 2.50. The van der Waals surface area contributed by atoms with Gasteiger partial charge in [-0.3, -0.25) is 11.3 Å². The minimum Gasteiger partial charge on any atom is -0.271 e. The largest absolute Gasteiger partial charge is 0.271 e. The minimum atomic E-state index is 0.540. The summed E-state index contributed by atoms with van der Waals surface area (Å²) >= 11 is 0. The van der Waals surface area contributed by atoms with E-state index in [2.05, 4.69) is 33.1 Å². The predicted octanol–water partition coefficient (Wildman–Crippen LogP) is 3.72. The van der Waals surface area contributed by atoms with Gasteiger partial charge in [-0.2, -0.15) is 0 Å². The molecule has 3 N–H and O–H groups in total. The maximum Gasteiger partial charge on any atom is 0.0266 e. The molecule has 0 radical (unpaired) electrons. The maximum absolute atomic E-state index is 5.80. The van der Waals surface area contributed by atoms with Gasteiger partial charge in [0.2, 0.25) is 0 Å². The summed E-state index contributed by atoms with van der Waals surface area (Å²) in [6, 6.07) is 0.540. The molecule has 1 aliphatic rings. The first-order chi connectivity index (χ1) is 8.13. The van der Waals surface area contributed by atoms with Crippen LogP contribution in [0.4, 0.5) is 0 Å². The molecule has 2 heteroatoms. The molecule has 0 aromatic carbocycles. The number of hydrogen-bond donors (Lipinski definition) is 2. The van der Waals surface area contributed by atoms with Crippen LogP contribution in [0.25, 0.3) is 0 Å². The summed E-state index contributed by atoms with van der Waals surface area (Å²) in [5.41, 5.74) is 3.12. The fraction of sp³-hybridized carbons (Fsp3) is 1.00. The zero-order valence-electron chi connectivity index (χ0n) is 12.2. The van der Waals surface area contributed by atoms with Crippen molar-refractivity contribution in [1.82, 2.24) is 5.43 Å². The number of rotatable bonds is 6. The van der Waals surface area contributed by atoms with Crippen LogP contribution in [0.5, 0.6) is 0 Å². The highest BCUT2D eigenvalue weighted by Gasteiger charge is 2.31. The Bertz CT molecular complexity index is 191. The molecule has 0 aliphatic heterocycles. The Kier molecular flexibility index (Phi) is 6.50. The second-order valence-corrected chi connectivity index (χ2v) is 6.19. The van der Waals surface area contributed by atoms with E-state index >= 15 is 0 Å². The first kappa shape index (κ1) is 15.0. The van der Waals surface area contributed by atoms with Gasteiger partial charge >= 0.3 is 0 Å². The van der Waals surface area contributed by atoms with Crippen LogP contribution in [0, 0.1) is 23.7 Å². The van der Waals surface area contributed by atoms with Crippen molar-refractivity contribution in [2.45, 2.75) is 72.3 Å². The van der Waals surface area contributed by atoms with E-state index in [9.17, 15) is 0 Å². The lowest BCUT2D eigenvalue weighted by Crippen LogP contribution is -2.47. The molecule has 2 nitrogen and oxygen atoms in total. The van der Waals surface area contributed by atoms with Gasteiger partial charge in [-0.25, -0.2) is 0 Å². The van der Waals surface area contributed by atoms with Crippen LogP contribution < -0.4 is 11.3 Å². The zero-order chi connectivity index (χ0) is 12.8. The van der Waals surface area contributed by atoms with Crippen molar-refractivity contribution in [2.24, 2.45) is 29.5 Å². The third-order valence-electron chi connectivity index (χ3n) is 5.02. The normalized spacial score (nSPS) is 27.7. The Morgan fingerprint density at radius 1 is 1.00 bits per heavy atom. The molecule has 17 heavy (non-hydrogen) atoms. The molecule has 1 atom stereocenters. The van der Waals surface area contributed by atoms with Crippen LogP contribution in [-0.2, 0) is 0 Å². The molecule has 1 unspecified atom stereocenters. The first-order valence-corrected chi connectivity index (χ1v) is 7.60. The Morgan fingerprint density at radius 3 is 1.82 bits per heavy atom. The molecule has 1 fully saturated rings. The number of hydrogen-bond acceptors (Lipinski definition) is 2. The molecule has 1 saturated carbocycles.